The molecule has 3 aromatic carbocycles. The lowest BCUT2D eigenvalue weighted by Gasteiger charge is -2.32. The van der Waals surface area contributed by atoms with Crippen LogP contribution < -0.4 is 5.32 Å². The molecule has 0 radical (unpaired) electrons. The van der Waals surface area contributed by atoms with Gasteiger partial charge in [0.05, 0.1) is 16.3 Å². The maximum atomic E-state index is 13.5. The molecule has 0 saturated carbocycles. The number of rotatable bonds is 7. The Morgan fingerprint density at radius 3 is 2.41 bits per heavy atom. The van der Waals surface area contributed by atoms with E-state index >= 15 is 0 Å². The molecule has 1 aliphatic heterocycles. The van der Waals surface area contributed by atoms with E-state index in [1.807, 2.05) is 37.3 Å². The maximum absolute atomic E-state index is 13.5. The van der Waals surface area contributed by atoms with Crippen LogP contribution in [0.4, 0.5) is 5.69 Å². The van der Waals surface area contributed by atoms with E-state index in [9.17, 15) is 14.9 Å². The summed E-state index contributed by atoms with van der Waals surface area (Å²) in [4.78, 5) is 26.5. The van der Waals surface area contributed by atoms with Gasteiger partial charge in [-0.2, -0.15) is 5.10 Å². The predicted octanol–water partition coefficient (Wildman–Crippen LogP) is 5.15. The van der Waals surface area contributed by atoms with Gasteiger partial charge in [0.25, 0.3) is 11.6 Å². The second kappa shape index (κ2) is 10.8. The first-order chi connectivity index (χ1) is 18.0. The monoisotopic (exact) mass is 495 g/mol. The van der Waals surface area contributed by atoms with Crippen LogP contribution in [0.5, 0.6) is 0 Å². The van der Waals surface area contributed by atoms with Gasteiger partial charge in [0, 0.05) is 43.4 Å². The van der Waals surface area contributed by atoms with Gasteiger partial charge in [-0.3, -0.25) is 19.8 Å². The molecule has 2 heterocycles. The Kier molecular flexibility index (Phi) is 7.09. The number of nitrogens with zero attached hydrogens (tertiary/aromatic N) is 4. The fraction of sp³-hybridized carbons (Fsp3) is 0.241. The molecule has 0 spiro atoms. The van der Waals surface area contributed by atoms with E-state index in [-0.39, 0.29) is 17.6 Å². The number of carbonyl (C=O) groups is 1. The van der Waals surface area contributed by atoms with Crippen LogP contribution in [0.25, 0.3) is 16.9 Å². The highest BCUT2D eigenvalue weighted by molar-refractivity contribution is 5.94. The molecule has 0 unspecified atom stereocenters. The number of nitrogens with one attached hydrogen (secondary N) is 1. The van der Waals surface area contributed by atoms with Crippen LogP contribution in [0.15, 0.2) is 84.9 Å². The van der Waals surface area contributed by atoms with Crippen LogP contribution in [0.3, 0.4) is 0 Å². The van der Waals surface area contributed by atoms with Crippen molar-refractivity contribution < 1.29 is 9.72 Å². The average molecular weight is 496 g/mol. The molecule has 1 amide bonds. The van der Waals surface area contributed by atoms with Crippen molar-refractivity contribution in [1.29, 1.82) is 0 Å². The number of carbonyl (C=O) groups excluding carboxylic acids is 1. The molecule has 4 aromatic rings. The average Bonchev–Trinajstić information content (AvgIpc) is 3.36. The van der Waals surface area contributed by atoms with Crippen molar-refractivity contribution in [1.82, 2.24) is 20.0 Å². The van der Waals surface area contributed by atoms with Gasteiger partial charge >= 0.3 is 0 Å². The Hall–Kier alpha value is -4.30. The molecule has 1 fully saturated rings. The van der Waals surface area contributed by atoms with Crippen molar-refractivity contribution in [3.05, 3.63) is 112 Å². The Labute approximate surface area is 215 Å². The smallest absolute Gasteiger partial charge is 0.270 e. The number of hydrogen-bond acceptors (Lipinski definition) is 5. The number of hydrogen-bond donors (Lipinski definition) is 1. The van der Waals surface area contributed by atoms with Crippen molar-refractivity contribution in [3.63, 3.8) is 0 Å². The van der Waals surface area contributed by atoms with Crippen molar-refractivity contribution in [3.8, 4) is 16.9 Å². The fourth-order valence-electron chi connectivity index (χ4n) is 4.73. The standard InChI is InChI=1S/C29H29N5O3/c1-21-6-5-9-26(18-21)33-28(19-27(31-33)23-10-12-25(13-11-23)34(36)37)29(35)30-24-14-16-32(17-15-24)20-22-7-3-2-4-8-22/h2-13,18-19,24H,14-17,20H2,1H3,(H,30,35). The summed E-state index contributed by atoms with van der Waals surface area (Å²) in [6.07, 6.45) is 1.76. The molecule has 37 heavy (non-hydrogen) atoms. The SMILES string of the molecule is Cc1cccc(-n2nc(-c3ccc([N+](=O)[O-])cc3)cc2C(=O)NC2CCN(Cc3ccccc3)CC2)c1. The van der Waals surface area contributed by atoms with Crippen LogP contribution in [0.1, 0.15) is 34.5 Å². The van der Waals surface area contributed by atoms with Crippen LogP contribution >= 0.6 is 0 Å². The molecule has 8 heteroatoms. The highest BCUT2D eigenvalue weighted by atomic mass is 16.6. The third-order valence-corrected chi connectivity index (χ3v) is 6.73. The lowest BCUT2D eigenvalue weighted by atomic mass is 10.0. The molecule has 0 bridgehead atoms. The molecule has 1 saturated heterocycles. The van der Waals surface area contributed by atoms with Gasteiger partial charge in [-0.15, -0.1) is 0 Å². The van der Waals surface area contributed by atoms with Gasteiger partial charge in [0.1, 0.15) is 5.69 Å². The van der Waals surface area contributed by atoms with E-state index in [1.54, 1.807) is 22.9 Å². The molecule has 5 rings (SSSR count). The number of amides is 1. The summed E-state index contributed by atoms with van der Waals surface area (Å²) in [5.41, 5.74) is 4.88. The van der Waals surface area contributed by atoms with E-state index in [2.05, 4.69) is 34.5 Å². The molecule has 0 aliphatic carbocycles. The Morgan fingerprint density at radius 2 is 1.73 bits per heavy atom. The minimum absolute atomic E-state index is 0.0124. The van der Waals surface area contributed by atoms with Gasteiger partial charge in [0.2, 0.25) is 0 Å². The summed E-state index contributed by atoms with van der Waals surface area (Å²) in [7, 11) is 0. The first kappa shape index (κ1) is 24.4. The van der Waals surface area contributed by atoms with E-state index in [1.165, 1.54) is 17.7 Å². The third kappa shape index (κ3) is 5.76. The van der Waals surface area contributed by atoms with Gasteiger partial charge in [-0.1, -0.05) is 42.5 Å². The number of aromatic nitrogens is 2. The first-order valence-electron chi connectivity index (χ1n) is 12.5. The quantitative estimate of drug-likeness (QED) is 0.283. The molecule has 1 aliphatic rings. The van der Waals surface area contributed by atoms with Gasteiger partial charge in [0.15, 0.2) is 0 Å². The number of piperidine rings is 1. The van der Waals surface area contributed by atoms with Crippen LogP contribution in [0, 0.1) is 17.0 Å². The van der Waals surface area contributed by atoms with Crippen molar-refractivity contribution in [2.75, 3.05) is 13.1 Å². The molecule has 8 nitrogen and oxygen atoms in total. The minimum atomic E-state index is -0.431. The number of benzene rings is 3. The Morgan fingerprint density at radius 1 is 1.00 bits per heavy atom. The number of nitro benzene ring substituents is 1. The van der Waals surface area contributed by atoms with Crippen LogP contribution in [-0.4, -0.2) is 44.6 Å². The molecule has 188 valence electrons. The zero-order chi connectivity index (χ0) is 25.8. The van der Waals surface area contributed by atoms with Gasteiger partial charge in [-0.25, -0.2) is 4.68 Å². The minimum Gasteiger partial charge on any atom is -0.348 e. The molecule has 0 atom stereocenters. The van der Waals surface area contributed by atoms with Crippen molar-refractivity contribution in [2.24, 2.45) is 0 Å². The molecule has 1 aromatic heterocycles. The summed E-state index contributed by atoms with van der Waals surface area (Å²) in [6.45, 7) is 4.75. The normalized spacial score (nSPS) is 14.4. The summed E-state index contributed by atoms with van der Waals surface area (Å²) in [5.74, 6) is -0.177. The molecule has 1 N–H and O–H groups in total. The van der Waals surface area contributed by atoms with Crippen LogP contribution in [-0.2, 0) is 6.54 Å². The third-order valence-electron chi connectivity index (χ3n) is 6.73. The predicted molar refractivity (Wildman–Crippen MR) is 143 cm³/mol. The van der Waals surface area contributed by atoms with Crippen molar-refractivity contribution >= 4 is 11.6 Å². The Balaban J connectivity index is 1.34. The summed E-state index contributed by atoms with van der Waals surface area (Å²) >= 11 is 0. The number of non-ortho nitro benzene ring substituents is 1. The second-order valence-corrected chi connectivity index (χ2v) is 9.48. The second-order valence-electron chi connectivity index (χ2n) is 9.48. The maximum Gasteiger partial charge on any atom is 0.270 e. The highest BCUT2D eigenvalue weighted by Crippen LogP contribution is 2.25. The number of likely N-dealkylation sites (tertiary alicyclic amines) is 1. The Bertz CT molecular complexity index is 1390. The van der Waals surface area contributed by atoms with E-state index in [0.717, 1.165) is 43.7 Å². The summed E-state index contributed by atoms with van der Waals surface area (Å²) < 4.78 is 1.66. The fourth-order valence-corrected chi connectivity index (χ4v) is 4.73. The van der Waals surface area contributed by atoms with Gasteiger partial charge in [-0.05, 0) is 61.2 Å². The summed E-state index contributed by atoms with van der Waals surface area (Å²) in [6, 6.07) is 26.3. The molecular weight excluding hydrogens is 466 g/mol. The first-order valence-corrected chi connectivity index (χ1v) is 12.5. The van der Waals surface area contributed by atoms with E-state index in [4.69, 9.17) is 5.10 Å². The zero-order valence-electron chi connectivity index (χ0n) is 20.7. The topological polar surface area (TPSA) is 93.3 Å². The number of nitro groups is 1. The summed E-state index contributed by atoms with van der Waals surface area (Å²) in [5, 5.41) is 19.0. The zero-order valence-corrected chi connectivity index (χ0v) is 20.7. The highest BCUT2D eigenvalue weighted by Gasteiger charge is 2.24. The van der Waals surface area contributed by atoms with E-state index < -0.39 is 4.92 Å². The largest absolute Gasteiger partial charge is 0.348 e. The number of aryl methyl sites for hydroxylation is 1. The lowest BCUT2D eigenvalue weighted by Crippen LogP contribution is -2.44. The van der Waals surface area contributed by atoms with Gasteiger partial charge < -0.3 is 5.32 Å². The van der Waals surface area contributed by atoms with E-state index in [0.29, 0.717) is 17.0 Å². The van der Waals surface area contributed by atoms with Crippen LogP contribution in [0.2, 0.25) is 0 Å². The molecular formula is C29H29N5O3. The van der Waals surface area contributed by atoms with Crippen molar-refractivity contribution in [2.45, 2.75) is 32.4 Å². The lowest BCUT2D eigenvalue weighted by molar-refractivity contribution is -0.384.